The second-order valence-corrected chi connectivity index (χ2v) is 5.69. The number of allylic oxidation sites excluding steroid dienone is 2. The van der Waals surface area contributed by atoms with E-state index in [0.717, 1.165) is 28.4 Å². The van der Waals surface area contributed by atoms with Crippen molar-refractivity contribution in [2.24, 2.45) is 9.98 Å². The van der Waals surface area contributed by atoms with Gasteiger partial charge in [-0.1, -0.05) is 24.8 Å². The molecular weight excluding hydrogens is 352 g/mol. The van der Waals surface area contributed by atoms with Crippen LogP contribution >= 0.6 is 0 Å². The number of anilines is 1. The monoisotopic (exact) mass is 382 g/mol. The first-order valence-corrected chi connectivity index (χ1v) is 8.96. The Labute approximate surface area is 168 Å². The van der Waals surface area contributed by atoms with Crippen LogP contribution in [0.15, 0.2) is 71.1 Å². The third kappa shape index (κ3) is 6.01. The number of rotatable bonds is 11. The number of H-pyrrole nitrogens is 1. The topological polar surface area (TPSA) is 103 Å². The molecule has 2 rings (SSSR count). The first-order chi connectivity index (χ1) is 13.7. The highest BCUT2D eigenvalue weighted by atomic mass is 15.1. The molecule has 0 atom stereocenters. The zero-order chi connectivity index (χ0) is 20.2. The van der Waals surface area contributed by atoms with E-state index >= 15 is 0 Å². The van der Waals surface area contributed by atoms with Gasteiger partial charge in [0, 0.05) is 34.8 Å². The highest BCUT2D eigenvalue weighted by molar-refractivity contribution is 5.81. The Morgan fingerprint density at radius 2 is 2.07 bits per heavy atom. The maximum Gasteiger partial charge on any atom is 0.182 e. The van der Waals surface area contributed by atoms with E-state index < -0.39 is 0 Å². The Hall–Kier alpha value is -3.55. The van der Waals surface area contributed by atoms with E-state index in [0.29, 0.717) is 25.2 Å². The predicted molar refractivity (Wildman–Crippen MR) is 121 cm³/mol. The number of fused-ring (bicyclic) bond motifs is 1. The molecule has 8 nitrogen and oxygen atoms in total. The molecule has 0 saturated carbocycles. The summed E-state index contributed by atoms with van der Waals surface area (Å²) in [6, 6.07) is 0. The van der Waals surface area contributed by atoms with Gasteiger partial charge in [-0.25, -0.2) is 15.0 Å². The second kappa shape index (κ2) is 11.2. The van der Waals surface area contributed by atoms with E-state index in [1.54, 1.807) is 24.8 Å². The number of aliphatic imine (C=N–C) groups is 2. The van der Waals surface area contributed by atoms with Crippen molar-refractivity contribution < 1.29 is 2.85 Å². The van der Waals surface area contributed by atoms with Crippen LogP contribution in [0.3, 0.4) is 0 Å². The normalized spacial score (nSPS) is 12.8. The van der Waals surface area contributed by atoms with Gasteiger partial charge in [0.15, 0.2) is 11.5 Å². The molecule has 0 radical (unpaired) electrons. The minimum absolute atomic E-state index is 0. The molecule has 0 aromatic carbocycles. The van der Waals surface area contributed by atoms with Crippen molar-refractivity contribution in [2.45, 2.75) is 20.3 Å². The van der Waals surface area contributed by atoms with E-state index in [4.69, 9.17) is 0 Å². The summed E-state index contributed by atoms with van der Waals surface area (Å²) in [5, 5.41) is 6.48. The number of nitrogens with zero attached hydrogens (tertiary/aromatic N) is 5. The van der Waals surface area contributed by atoms with Crippen LogP contribution in [0.1, 0.15) is 23.1 Å². The van der Waals surface area contributed by atoms with Gasteiger partial charge >= 0.3 is 0 Å². The third-order valence-corrected chi connectivity index (χ3v) is 3.65. The number of nitrogens with one attached hydrogen (secondary N) is 3. The number of imidazole rings is 1. The van der Waals surface area contributed by atoms with Crippen molar-refractivity contribution in [3.05, 3.63) is 61.1 Å². The fraction of sp³-hybridized carbons (Fsp3) is 0.250. The summed E-state index contributed by atoms with van der Waals surface area (Å²) in [4.78, 5) is 24.2. The summed E-state index contributed by atoms with van der Waals surface area (Å²) in [7, 11) is 0. The van der Waals surface area contributed by atoms with Crippen LogP contribution in [0.2, 0.25) is 0 Å². The molecular formula is C20H30N8. The molecule has 0 spiro atoms. The molecule has 2 heterocycles. The van der Waals surface area contributed by atoms with Gasteiger partial charge in [0.2, 0.25) is 0 Å². The second-order valence-electron chi connectivity index (χ2n) is 5.69. The molecule has 0 unspecified atom stereocenters. The molecule has 150 valence electrons. The average molecular weight is 383 g/mol. The molecule has 0 bridgehead atoms. The number of aromatic nitrogens is 4. The van der Waals surface area contributed by atoms with Crippen LogP contribution in [0.5, 0.6) is 0 Å². The lowest BCUT2D eigenvalue weighted by atomic mass is 10.2. The van der Waals surface area contributed by atoms with Crippen molar-refractivity contribution in [3.63, 3.8) is 0 Å². The SMILES string of the molecule is C=CCC=N/C(C(=C)NC/C=C/CNc1ncnc2nc[nH]c12)=C(\C)N=CC.[HH].[HH]. The zero-order valence-corrected chi connectivity index (χ0v) is 16.3. The largest absolute Gasteiger partial charge is 0.380 e. The lowest BCUT2D eigenvalue weighted by Gasteiger charge is -2.10. The molecule has 2 aromatic rings. The fourth-order valence-corrected chi connectivity index (χ4v) is 2.35. The Morgan fingerprint density at radius 1 is 1.25 bits per heavy atom. The average Bonchev–Trinajstić information content (AvgIpc) is 3.17. The number of hydrogen-bond acceptors (Lipinski definition) is 7. The summed E-state index contributed by atoms with van der Waals surface area (Å²) in [6.45, 7) is 12.8. The van der Waals surface area contributed by atoms with E-state index in [2.05, 4.69) is 53.7 Å². The minimum atomic E-state index is 0. The summed E-state index contributed by atoms with van der Waals surface area (Å²) in [5.41, 5.74) is 3.69. The smallest absolute Gasteiger partial charge is 0.182 e. The van der Waals surface area contributed by atoms with Crippen molar-refractivity contribution in [1.29, 1.82) is 0 Å². The van der Waals surface area contributed by atoms with Crippen LogP contribution in [-0.4, -0.2) is 45.5 Å². The van der Waals surface area contributed by atoms with E-state index in [9.17, 15) is 0 Å². The summed E-state index contributed by atoms with van der Waals surface area (Å²) >= 11 is 0. The standard InChI is InChI=1S/C20H26N8.2H2/c1-5-7-10-23-17(15(3)21-6-2)16(4)22-11-8-9-12-24-19-18-20(26-13-25-18)28-14-27-19;;/h5-6,8-10,13-14,22H,1,4,7,11-12H2,2-3H3,(H2,24,25,26,27,28);2*1H/b9-8+,17-15+,21-6?,23-10?;;. The Bertz CT molecular complexity index is 928. The molecule has 0 aliphatic rings. The quantitative estimate of drug-likeness (QED) is 0.311. The third-order valence-electron chi connectivity index (χ3n) is 3.65. The maximum absolute atomic E-state index is 4.46. The molecule has 2 aromatic heterocycles. The molecule has 0 fully saturated rings. The summed E-state index contributed by atoms with van der Waals surface area (Å²) in [5.74, 6) is 0.722. The lowest BCUT2D eigenvalue weighted by molar-refractivity contribution is 0.901. The lowest BCUT2D eigenvalue weighted by Crippen LogP contribution is -2.14. The van der Waals surface area contributed by atoms with Gasteiger partial charge in [0.25, 0.3) is 0 Å². The minimum Gasteiger partial charge on any atom is -0.380 e. The van der Waals surface area contributed by atoms with E-state index in [1.807, 2.05) is 26.0 Å². The van der Waals surface area contributed by atoms with Gasteiger partial charge in [0.05, 0.1) is 17.7 Å². The number of aromatic amines is 1. The van der Waals surface area contributed by atoms with E-state index in [-0.39, 0.29) is 2.85 Å². The molecule has 0 amide bonds. The zero-order valence-electron chi connectivity index (χ0n) is 16.3. The summed E-state index contributed by atoms with van der Waals surface area (Å²) < 4.78 is 0. The Kier molecular flexibility index (Phi) is 8.32. The van der Waals surface area contributed by atoms with Crippen molar-refractivity contribution in [3.8, 4) is 0 Å². The predicted octanol–water partition coefficient (Wildman–Crippen LogP) is 3.89. The fourth-order valence-electron chi connectivity index (χ4n) is 2.35. The van der Waals surface area contributed by atoms with Crippen molar-refractivity contribution in [1.82, 2.24) is 25.3 Å². The summed E-state index contributed by atoms with van der Waals surface area (Å²) in [6.07, 6.45) is 13.1. The molecule has 0 saturated heterocycles. The van der Waals surface area contributed by atoms with Crippen LogP contribution in [-0.2, 0) is 0 Å². The molecule has 0 aliphatic carbocycles. The van der Waals surface area contributed by atoms with Gasteiger partial charge in [-0.2, -0.15) is 0 Å². The number of hydrogen-bond donors (Lipinski definition) is 3. The van der Waals surface area contributed by atoms with E-state index in [1.165, 1.54) is 6.33 Å². The van der Waals surface area contributed by atoms with Gasteiger partial charge in [-0.15, -0.1) is 6.58 Å². The van der Waals surface area contributed by atoms with Crippen LogP contribution in [0.25, 0.3) is 11.2 Å². The Morgan fingerprint density at radius 3 is 2.86 bits per heavy atom. The molecule has 3 N–H and O–H groups in total. The van der Waals surface area contributed by atoms with Crippen molar-refractivity contribution >= 4 is 29.4 Å². The molecule has 8 heteroatoms. The highest BCUT2D eigenvalue weighted by Gasteiger charge is 2.05. The molecule has 28 heavy (non-hydrogen) atoms. The van der Waals surface area contributed by atoms with Crippen LogP contribution in [0, 0.1) is 0 Å². The van der Waals surface area contributed by atoms with Gasteiger partial charge in [-0.3, -0.25) is 9.98 Å². The highest BCUT2D eigenvalue weighted by Crippen LogP contribution is 2.14. The maximum atomic E-state index is 4.46. The van der Waals surface area contributed by atoms with Gasteiger partial charge in [0.1, 0.15) is 17.5 Å². The van der Waals surface area contributed by atoms with Crippen LogP contribution in [0.4, 0.5) is 5.82 Å². The van der Waals surface area contributed by atoms with Gasteiger partial charge in [-0.05, 0) is 13.8 Å². The van der Waals surface area contributed by atoms with Crippen LogP contribution < -0.4 is 10.6 Å². The first kappa shape index (κ1) is 20.8. The first-order valence-electron chi connectivity index (χ1n) is 8.96. The van der Waals surface area contributed by atoms with Crippen molar-refractivity contribution in [2.75, 3.05) is 18.4 Å². The molecule has 0 aliphatic heterocycles. The Balaban J connectivity index is 0.00000420. The van der Waals surface area contributed by atoms with Gasteiger partial charge < -0.3 is 15.6 Å².